The summed E-state index contributed by atoms with van der Waals surface area (Å²) < 4.78 is 0. The first-order valence-corrected chi connectivity index (χ1v) is 8.09. The van der Waals surface area contributed by atoms with Crippen LogP contribution >= 0.6 is 23.2 Å². The Bertz CT molecular complexity index is 440. The largest absolute Gasteiger partial charge is 0.314 e. The molecule has 0 aromatic heterocycles. The van der Waals surface area contributed by atoms with Gasteiger partial charge in [-0.1, -0.05) is 29.3 Å². The van der Waals surface area contributed by atoms with E-state index < -0.39 is 0 Å². The molecule has 1 atom stereocenters. The number of nitrogens with zero attached hydrogens (tertiary/aromatic N) is 2. The number of hydrogen-bond acceptors (Lipinski definition) is 3. The van der Waals surface area contributed by atoms with E-state index in [0.717, 1.165) is 48.3 Å². The molecule has 1 aromatic carbocycles. The van der Waals surface area contributed by atoms with Gasteiger partial charge in [-0.15, -0.1) is 0 Å². The molecular formula is C15H21Cl2N3. The van der Waals surface area contributed by atoms with E-state index in [0.29, 0.717) is 6.04 Å². The van der Waals surface area contributed by atoms with E-state index in [9.17, 15) is 0 Å². The molecule has 0 aliphatic carbocycles. The predicted molar refractivity (Wildman–Crippen MR) is 84.6 cm³/mol. The zero-order valence-corrected chi connectivity index (χ0v) is 13.1. The van der Waals surface area contributed by atoms with Gasteiger partial charge in [-0.25, -0.2) is 0 Å². The third-order valence-corrected chi connectivity index (χ3v) is 5.07. The Morgan fingerprint density at radius 3 is 2.50 bits per heavy atom. The summed E-state index contributed by atoms with van der Waals surface area (Å²) in [6.07, 6.45) is 1.25. The van der Waals surface area contributed by atoms with E-state index in [4.69, 9.17) is 23.2 Å². The highest BCUT2D eigenvalue weighted by Crippen LogP contribution is 2.27. The van der Waals surface area contributed by atoms with Crippen molar-refractivity contribution in [2.75, 3.05) is 39.3 Å². The number of halogens is 2. The highest BCUT2D eigenvalue weighted by Gasteiger charge is 2.28. The Hall–Kier alpha value is -0.320. The fraction of sp³-hybridized carbons (Fsp3) is 0.600. The van der Waals surface area contributed by atoms with Crippen molar-refractivity contribution in [1.82, 2.24) is 15.1 Å². The molecule has 1 aromatic rings. The van der Waals surface area contributed by atoms with Crippen molar-refractivity contribution < 1.29 is 0 Å². The monoisotopic (exact) mass is 313 g/mol. The third-order valence-electron chi connectivity index (χ3n) is 4.36. The smallest absolute Gasteiger partial charge is 0.0465 e. The molecule has 0 amide bonds. The Labute approximate surface area is 130 Å². The van der Waals surface area contributed by atoms with E-state index in [-0.39, 0.29) is 0 Å². The van der Waals surface area contributed by atoms with Crippen LogP contribution < -0.4 is 5.32 Å². The highest BCUT2D eigenvalue weighted by atomic mass is 35.5. The minimum Gasteiger partial charge on any atom is -0.314 e. The number of nitrogens with one attached hydrogen (secondary N) is 1. The van der Waals surface area contributed by atoms with Gasteiger partial charge in [0.15, 0.2) is 0 Å². The van der Waals surface area contributed by atoms with Crippen LogP contribution in [0.5, 0.6) is 0 Å². The average molecular weight is 314 g/mol. The van der Waals surface area contributed by atoms with Crippen molar-refractivity contribution in [2.24, 2.45) is 0 Å². The lowest BCUT2D eigenvalue weighted by molar-refractivity contribution is 0.170. The van der Waals surface area contributed by atoms with E-state index >= 15 is 0 Å². The Balaban J connectivity index is 1.60. The van der Waals surface area contributed by atoms with Gasteiger partial charge >= 0.3 is 0 Å². The van der Waals surface area contributed by atoms with Gasteiger partial charge in [0.1, 0.15) is 0 Å². The molecule has 5 heteroatoms. The van der Waals surface area contributed by atoms with E-state index in [1.165, 1.54) is 19.5 Å². The minimum absolute atomic E-state index is 0.693. The van der Waals surface area contributed by atoms with Crippen molar-refractivity contribution in [2.45, 2.75) is 19.0 Å². The van der Waals surface area contributed by atoms with Crippen LogP contribution in [0, 0.1) is 0 Å². The van der Waals surface area contributed by atoms with Gasteiger partial charge in [-0.3, -0.25) is 9.80 Å². The van der Waals surface area contributed by atoms with Crippen LogP contribution in [-0.4, -0.2) is 55.1 Å². The molecule has 2 aliphatic heterocycles. The van der Waals surface area contributed by atoms with Gasteiger partial charge < -0.3 is 5.32 Å². The molecule has 2 heterocycles. The van der Waals surface area contributed by atoms with Gasteiger partial charge in [0, 0.05) is 67.5 Å². The van der Waals surface area contributed by atoms with Gasteiger partial charge in [0.05, 0.1) is 0 Å². The van der Waals surface area contributed by atoms with Crippen LogP contribution in [0.2, 0.25) is 10.0 Å². The van der Waals surface area contributed by atoms with Crippen LogP contribution in [0.3, 0.4) is 0 Å². The summed E-state index contributed by atoms with van der Waals surface area (Å²) in [4.78, 5) is 5.09. The second kappa shape index (κ2) is 6.63. The lowest BCUT2D eigenvalue weighted by Gasteiger charge is -2.32. The van der Waals surface area contributed by atoms with Gasteiger partial charge in [-0.05, 0) is 18.6 Å². The number of hydrogen-bond donors (Lipinski definition) is 1. The molecule has 3 rings (SSSR count). The van der Waals surface area contributed by atoms with Crippen LogP contribution in [0.1, 0.15) is 12.0 Å². The SMILES string of the molecule is Clc1cccc(Cl)c1CN1CCC(N2CCNCC2)C1. The summed E-state index contributed by atoms with van der Waals surface area (Å²) in [6, 6.07) is 6.44. The maximum atomic E-state index is 6.26. The van der Waals surface area contributed by atoms with Crippen molar-refractivity contribution in [3.8, 4) is 0 Å². The van der Waals surface area contributed by atoms with E-state index in [1.54, 1.807) is 0 Å². The molecular weight excluding hydrogens is 293 g/mol. The average Bonchev–Trinajstić information content (AvgIpc) is 2.93. The second-order valence-corrected chi connectivity index (χ2v) is 6.48. The Morgan fingerprint density at radius 1 is 1.10 bits per heavy atom. The van der Waals surface area contributed by atoms with Crippen LogP contribution in [0.15, 0.2) is 18.2 Å². The molecule has 2 aliphatic rings. The van der Waals surface area contributed by atoms with Crippen molar-refractivity contribution in [3.63, 3.8) is 0 Å². The van der Waals surface area contributed by atoms with Gasteiger partial charge in [0.25, 0.3) is 0 Å². The molecule has 0 bridgehead atoms. The quantitative estimate of drug-likeness (QED) is 0.925. The molecule has 0 spiro atoms. The fourth-order valence-corrected chi connectivity index (χ4v) is 3.73. The number of benzene rings is 1. The number of rotatable bonds is 3. The van der Waals surface area contributed by atoms with Crippen molar-refractivity contribution in [1.29, 1.82) is 0 Å². The van der Waals surface area contributed by atoms with Crippen LogP contribution in [0.25, 0.3) is 0 Å². The first-order chi connectivity index (χ1) is 9.74. The first-order valence-electron chi connectivity index (χ1n) is 7.34. The van der Waals surface area contributed by atoms with E-state index in [2.05, 4.69) is 15.1 Å². The summed E-state index contributed by atoms with van der Waals surface area (Å²) in [6.45, 7) is 7.70. The van der Waals surface area contributed by atoms with Crippen molar-refractivity contribution in [3.05, 3.63) is 33.8 Å². The summed E-state index contributed by atoms with van der Waals surface area (Å²) >= 11 is 12.5. The van der Waals surface area contributed by atoms with E-state index in [1.807, 2.05) is 18.2 Å². The van der Waals surface area contributed by atoms with Crippen LogP contribution in [0.4, 0.5) is 0 Å². The maximum absolute atomic E-state index is 6.26. The molecule has 1 unspecified atom stereocenters. The fourth-order valence-electron chi connectivity index (χ4n) is 3.21. The molecule has 0 radical (unpaired) electrons. The summed E-state index contributed by atoms with van der Waals surface area (Å²) in [7, 11) is 0. The first kappa shape index (κ1) is 14.6. The Kier molecular flexibility index (Phi) is 4.84. The van der Waals surface area contributed by atoms with Gasteiger partial charge in [0.2, 0.25) is 0 Å². The molecule has 20 heavy (non-hydrogen) atoms. The maximum Gasteiger partial charge on any atom is 0.0465 e. The lowest BCUT2D eigenvalue weighted by atomic mass is 10.2. The minimum atomic E-state index is 0.693. The zero-order chi connectivity index (χ0) is 13.9. The molecule has 2 fully saturated rings. The van der Waals surface area contributed by atoms with Crippen molar-refractivity contribution >= 4 is 23.2 Å². The molecule has 3 nitrogen and oxygen atoms in total. The molecule has 0 saturated carbocycles. The molecule has 1 N–H and O–H groups in total. The third kappa shape index (κ3) is 3.29. The topological polar surface area (TPSA) is 18.5 Å². The highest BCUT2D eigenvalue weighted by molar-refractivity contribution is 6.35. The normalized spacial score (nSPS) is 25.2. The zero-order valence-electron chi connectivity index (χ0n) is 11.6. The summed E-state index contributed by atoms with van der Waals surface area (Å²) in [5, 5.41) is 4.98. The standard InChI is InChI=1S/C15H21Cl2N3/c16-14-2-1-3-15(17)13(14)11-19-7-4-12(10-19)20-8-5-18-6-9-20/h1-3,12,18H,4-11H2. The molecule has 2 saturated heterocycles. The second-order valence-electron chi connectivity index (χ2n) is 5.66. The van der Waals surface area contributed by atoms with Crippen LogP contribution in [-0.2, 0) is 6.54 Å². The number of piperazine rings is 1. The Morgan fingerprint density at radius 2 is 1.80 bits per heavy atom. The lowest BCUT2D eigenvalue weighted by Crippen LogP contribution is -2.49. The van der Waals surface area contributed by atoms with Gasteiger partial charge in [-0.2, -0.15) is 0 Å². The predicted octanol–water partition coefficient (Wildman–Crippen LogP) is 2.47. The summed E-state index contributed by atoms with van der Waals surface area (Å²) in [5.41, 5.74) is 1.07. The molecule has 110 valence electrons. The number of likely N-dealkylation sites (tertiary alicyclic amines) is 1. The summed E-state index contributed by atoms with van der Waals surface area (Å²) in [5.74, 6) is 0.